The van der Waals surface area contributed by atoms with Gasteiger partial charge in [-0.1, -0.05) is 0 Å². The second-order valence-corrected chi connectivity index (χ2v) is 11.8. The van der Waals surface area contributed by atoms with Crippen LogP contribution in [0.2, 0.25) is 0 Å². The first-order valence-corrected chi connectivity index (χ1v) is 14.6. The monoisotopic (exact) mass is 625 g/mol. The Hall–Kier alpha value is -4.99. The molecule has 2 heterocycles. The van der Waals surface area contributed by atoms with Crippen molar-refractivity contribution in [2.24, 2.45) is 0 Å². The van der Waals surface area contributed by atoms with Gasteiger partial charge in [0.05, 0.1) is 28.8 Å². The molecule has 0 unspecified atom stereocenters. The molecular weight excluding hydrogens is 599 g/mol. The van der Waals surface area contributed by atoms with Gasteiger partial charge in [0.1, 0.15) is 5.75 Å². The molecule has 1 aromatic heterocycles. The Kier molecular flexibility index (Phi) is 9.52. The van der Waals surface area contributed by atoms with Gasteiger partial charge in [0.25, 0.3) is 0 Å². The van der Waals surface area contributed by atoms with Crippen LogP contribution < -0.4 is 15.4 Å². The summed E-state index contributed by atoms with van der Waals surface area (Å²) in [7, 11) is -5.42. The number of aryl methyl sites for hydroxylation is 2. The van der Waals surface area contributed by atoms with Crippen LogP contribution in [0.5, 0.6) is 11.6 Å². The minimum absolute atomic E-state index is 0.0132. The summed E-state index contributed by atoms with van der Waals surface area (Å²) in [4.78, 5) is 21.4. The molecule has 44 heavy (non-hydrogen) atoms. The first-order chi connectivity index (χ1) is 20.8. The molecule has 2 aromatic carbocycles. The number of nitrogens with zero attached hydrogens (tertiary/aromatic N) is 5. The van der Waals surface area contributed by atoms with E-state index in [4.69, 9.17) is 10.00 Å². The fourth-order valence-electron chi connectivity index (χ4n) is 4.46. The molecule has 1 aliphatic heterocycles. The van der Waals surface area contributed by atoms with Gasteiger partial charge in [-0.15, -0.1) is 0 Å². The van der Waals surface area contributed by atoms with E-state index < -0.39 is 27.5 Å². The number of rotatable bonds is 8. The van der Waals surface area contributed by atoms with Gasteiger partial charge in [-0.25, -0.2) is 13.4 Å². The van der Waals surface area contributed by atoms with Crippen molar-refractivity contribution in [3.63, 3.8) is 0 Å². The summed E-state index contributed by atoms with van der Waals surface area (Å²) in [5, 5.41) is 24.0. The highest BCUT2D eigenvalue weighted by Crippen LogP contribution is 2.32. The number of benzene rings is 2. The van der Waals surface area contributed by atoms with E-state index in [1.807, 2.05) is 6.07 Å². The number of anilines is 2. The Morgan fingerprint density at radius 1 is 1.07 bits per heavy atom. The summed E-state index contributed by atoms with van der Waals surface area (Å²) in [6.07, 6.45) is 4.05. The van der Waals surface area contributed by atoms with Gasteiger partial charge in [-0.05, 0) is 80.3 Å². The van der Waals surface area contributed by atoms with E-state index in [2.05, 4.69) is 26.7 Å². The summed E-state index contributed by atoms with van der Waals surface area (Å²) >= 11 is 0. The van der Waals surface area contributed by atoms with E-state index >= 15 is 0 Å². The molecule has 0 radical (unpaired) electrons. The Balaban J connectivity index is 1.52. The summed E-state index contributed by atoms with van der Waals surface area (Å²) in [6.45, 7) is 2.79. The van der Waals surface area contributed by atoms with E-state index in [0.717, 1.165) is 0 Å². The highest BCUT2D eigenvalue weighted by Gasteiger charge is 2.50. The lowest BCUT2D eigenvalue weighted by Gasteiger charge is -2.31. The lowest BCUT2D eigenvalue weighted by molar-refractivity contribution is -0.117. The van der Waals surface area contributed by atoms with Crippen molar-refractivity contribution in [1.82, 2.24) is 19.6 Å². The maximum Gasteiger partial charge on any atom is 0.511 e. The molecule has 0 saturated carbocycles. The van der Waals surface area contributed by atoms with Gasteiger partial charge < -0.3 is 15.4 Å². The third-order valence-corrected chi connectivity index (χ3v) is 8.32. The van der Waals surface area contributed by atoms with Crippen LogP contribution in [0.15, 0.2) is 48.7 Å². The highest BCUT2D eigenvalue weighted by molar-refractivity contribution is 7.90. The minimum atomic E-state index is -5.42. The molecule has 1 saturated heterocycles. The zero-order valence-electron chi connectivity index (χ0n) is 23.5. The minimum Gasteiger partial charge on any atom is -0.438 e. The van der Waals surface area contributed by atoms with Crippen LogP contribution in [0.1, 0.15) is 40.7 Å². The van der Waals surface area contributed by atoms with Crippen LogP contribution in [0, 0.1) is 36.5 Å². The van der Waals surface area contributed by atoms with E-state index in [1.54, 1.807) is 50.2 Å². The molecule has 1 aliphatic rings. The van der Waals surface area contributed by atoms with Crippen molar-refractivity contribution in [3.05, 3.63) is 76.5 Å². The Bertz CT molecular complexity index is 1750. The fraction of sp³-hybridized carbons (Fsp3) is 0.276. The van der Waals surface area contributed by atoms with Crippen LogP contribution >= 0.6 is 0 Å². The summed E-state index contributed by atoms with van der Waals surface area (Å²) in [5.74, 6) is 0.142. The number of ether oxygens (including phenoxy) is 1. The second kappa shape index (κ2) is 13.1. The summed E-state index contributed by atoms with van der Waals surface area (Å²) in [5.41, 5.74) is -2.17. The molecule has 2 N–H and O–H groups in total. The van der Waals surface area contributed by atoms with Gasteiger partial charge in [0, 0.05) is 37.1 Å². The molecule has 228 valence electrons. The zero-order valence-corrected chi connectivity index (χ0v) is 24.3. The third kappa shape index (κ3) is 7.50. The van der Waals surface area contributed by atoms with Crippen molar-refractivity contribution in [1.29, 1.82) is 10.5 Å². The number of nitrogens with one attached hydrogen (secondary N) is 2. The van der Waals surface area contributed by atoms with Crippen molar-refractivity contribution < 1.29 is 31.1 Å². The predicted octanol–water partition coefficient (Wildman–Crippen LogP) is 4.82. The first-order valence-electron chi connectivity index (χ1n) is 13.2. The highest BCUT2D eigenvalue weighted by atomic mass is 32.2. The lowest BCUT2D eigenvalue weighted by atomic mass is 10.1. The van der Waals surface area contributed by atoms with Gasteiger partial charge in [0.2, 0.25) is 17.7 Å². The van der Waals surface area contributed by atoms with E-state index in [0.29, 0.717) is 43.6 Å². The number of aromatic nitrogens is 2. The quantitative estimate of drug-likeness (QED) is 0.335. The van der Waals surface area contributed by atoms with Gasteiger partial charge >= 0.3 is 15.5 Å². The van der Waals surface area contributed by atoms with E-state index in [-0.39, 0.29) is 37.8 Å². The molecule has 11 nitrogen and oxygen atoms in total. The number of carbonyl (C=O) groups is 1. The third-order valence-electron chi connectivity index (χ3n) is 6.69. The average molecular weight is 626 g/mol. The van der Waals surface area contributed by atoms with Crippen molar-refractivity contribution in [3.8, 4) is 23.8 Å². The molecule has 3 aromatic rings. The Morgan fingerprint density at radius 3 is 2.25 bits per heavy atom. The molecule has 0 spiro atoms. The maximum absolute atomic E-state index is 12.8. The summed E-state index contributed by atoms with van der Waals surface area (Å²) < 4.78 is 68.3. The number of hydrogen-bond acceptors (Lipinski definition) is 9. The van der Waals surface area contributed by atoms with E-state index in [1.165, 1.54) is 18.3 Å². The normalized spacial score (nSPS) is 14.5. The Morgan fingerprint density at radius 2 is 1.68 bits per heavy atom. The second-order valence-electron chi connectivity index (χ2n) is 9.89. The summed E-state index contributed by atoms with van der Waals surface area (Å²) in [6, 6.07) is 13.5. The molecule has 0 atom stereocenters. The van der Waals surface area contributed by atoms with E-state index in [9.17, 15) is 31.6 Å². The lowest BCUT2D eigenvalue weighted by Crippen LogP contribution is -2.49. The molecule has 0 bridgehead atoms. The predicted molar refractivity (Wildman–Crippen MR) is 154 cm³/mol. The van der Waals surface area contributed by atoms with Crippen LogP contribution in [0.4, 0.5) is 24.8 Å². The number of nitriles is 2. The fourth-order valence-corrected chi connectivity index (χ4v) is 5.45. The zero-order chi connectivity index (χ0) is 32.1. The van der Waals surface area contributed by atoms with Crippen LogP contribution in [0.25, 0.3) is 6.08 Å². The number of amides is 1. The number of sulfonamides is 1. The van der Waals surface area contributed by atoms with Crippen LogP contribution in [-0.4, -0.2) is 53.2 Å². The number of piperidine rings is 1. The standard InChI is InChI=1S/C29H26F3N7O4S/c1-18-13-21(16-34)14-19(2)26(18)43-27-22(17-35-28(38-27)37-23-6-3-20(15-33)4-7-23)5-8-25(40)36-24-9-11-39(12-10-24)44(41,42)29(30,31)32/h3-8,13-14,17,24H,9-12H2,1-2H3,(H,36,40)(H,35,37,38)/b8-5+. The van der Waals surface area contributed by atoms with Gasteiger partial charge in [-0.2, -0.15) is 33.0 Å². The average Bonchev–Trinajstić information content (AvgIpc) is 2.98. The maximum atomic E-state index is 12.8. The first kappa shape index (κ1) is 31.9. The molecule has 4 rings (SSSR count). The van der Waals surface area contributed by atoms with Crippen LogP contribution in [-0.2, 0) is 14.8 Å². The topological polar surface area (TPSA) is 161 Å². The van der Waals surface area contributed by atoms with Crippen molar-refractivity contribution >= 4 is 33.6 Å². The number of carbonyl (C=O) groups excluding carboxylic acids is 1. The number of halogens is 3. The molecule has 0 aliphatic carbocycles. The number of hydrogen-bond donors (Lipinski definition) is 2. The molecule has 1 fully saturated rings. The van der Waals surface area contributed by atoms with Gasteiger partial charge in [0.15, 0.2) is 0 Å². The molecular formula is C29H26F3N7O4S. The van der Waals surface area contributed by atoms with Gasteiger partial charge in [-0.3, -0.25) is 4.79 Å². The van der Waals surface area contributed by atoms with Crippen molar-refractivity contribution in [2.45, 2.75) is 38.2 Å². The number of alkyl halides is 3. The van der Waals surface area contributed by atoms with Crippen LogP contribution in [0.3, 0.4) is 0 Å². The Labute approximate surface area is 251 Å². The largest absolute Gasteiger partial charge is 0.511 e. The molecule has 1 amide bonds. The molecule has 15 heteroatoms. The smallest absolute Gasteiger partial charge is 0.438 e. The van der Waals surface area contributed by atoms with Crippen molar-refractivity contribution in [2.75, 3.05) is 18.4 Å². The SMILES string of the molecule is Cc1cc(C#N)cc(C)c1Oc1nc(Nc2ccc(C#N)cc2)ncc1/C=C/C(=O)NC1CCN(S(=O)(=O)C(F)(F)F)CC1.